The van der Waals surface area contributed by atoms with E-state index in [0.717, 1.165) is 6.42 Å². The summed E-state index contributed by atoms with van der Waals surface area (Å²) in [5.41, 5.74) is 0. The molecule has 94 valence electrons. The molecule has 1 aromatic rings. The Morgan fingerprint density at radius 2 is 2.41 bits per heavy atom. The molecule has 0 aromatic carbocycles. The number of hydrogen-bond acceptors (Lipinski definition) is 4. The van der Waals surface area contributed by atoms with Crippen LogP contribution in [0.5, 0.6) is 0 Å². The van der Waals surface area contributed by atoms with Crippen molar-refractivity contribution >= 4 is 23.2 Å². The molecule has 0 aliphatic carbocycles. The lowest BCUT2D eigenvalue weighted by molar-refractivity contribution is 0.0949. The van der Waals surface area contributed by atoms with Gasteiger partial charge in [0, 0.05) is 19.8 Å². The van der Waals surface area contributed by atoms with Crippen molar-refractivity contribution in [3.8, 4) is 0 Å². The lowest BCUT2D eigenvalue weighted by Gasteiger charge is -2.08. The van der Waals surface area contributed by atoms with E-state index in [4.69, 9.17) is 21.4 Å². The minimum atomic E-state index is -0.350. The Hall–Kier alpha value is -1.40. The molecule has 0 saturated carbocycles. The largest absolute Gasteiger partial charge is 0.459 e. The molecule has 0 spiro atoms. The quantitative estimate of drug-likeness (QED) is 0.593. The van der Waals surface area contributed by atoms with Crippen molar-refractivity contribution in [1.82, 2.24) is 10.6 Å². The Bertz CT molecular complexity index is 352. The number of amides is 1. The van der Waals surface area contributed by atoms with E-state index in [1.165, 1.54) is 6.26 Å². The Morgan fingerprint density at radius 1 is 1.59 bits per heavy atom. The van der Waals surface area contributed by atoms with E-state index in [-0.39, 0.29) is 11.7 Å². The second-order valence-corrected chi connectivity index (χ2v) is 3.65. The number of hydrogen-bond donors (Lipinski definition) is 2. The number of nitrogens with one attached hydrogen (secondary N) is 2. The van der Waals surface area contributed by atoms with E-state index in [0.29, 0.717) is 24.9 Å². The minimum absolute atomic E-state index is 0.239. The fraction of sp³-hybridized carbons (Fsp3) is 0.455. The van der Waals surface area contributed by atoms with Crippen LogP contribution in [0.4, 0.5) is 0 Å². The highest BCUT2D eigenvalue weighted by Gasteiger charge is 2.09. The van der Waals surface area contributed by atoms with Gasteiger partial charge in [0.1, 0.15) is 0 Å². The highest BCUT2D eigenvalue weighted by Crippen LogP contribution is 1.98. The van der Waals surface area contributed by atoms with Gasteiger partial charge in [-0.15, -0.1) is 0 Å². The van der Waals surface area contributed by atoms with Gasteiger partial charge in [-0.25, -0.2) is 0 Å². The van der Waals surface area contributed by atoms with Crippen LogP contribution in [0.2, 0.25) is 0 Å². The Balaban J connectivity index is 2.15. The van der Waals surface area contributed by atoms with Crippen LogP contribution in [-0.4, -0.2) is 30.8 Å². The van der Waals surface area contributed by atoms with Crippen molar-refractivity contribution in [2.75, 3.05) is 19.8 Å². The lowest BCUT2D eigenvalue weighted by Crippen LogP contribution is -2.39. The van der Waals surface area contributed by atoms with Crippen LogP contribution >= 0.6 is 12.2 Å². The topological polar surface area (TPSA) is 63.5 Å². The molecule has 0 aliphatic rings. The van der Waals surface area contributed by atoms with E-state index >= 15 is 0 Å². The number of carbonyl (C=O) groups is 1. The summed E-state index contributed by atoms with van der Waals surface area (Å²) in [6.45, 7) is 4.00. The molecular formula is C11H16N2O3S. The fourth-order valence-electron chi connectivity index (χ4n) is 1.14. The maximum Gasteiger partial charge on any atom is 0.293 e. The van der Waals surface area contributed by atoms with E-state index in [1.54, 1.807) is 12.1 Å². The van der Waals surface area contributed by atoms with Gasteiger partial charge in [-0.05, 0) is 37.7 Å². The van der Waals surface area contributed by atoms with Crippen LogP contribution in [0.3, 0.4) is 0 Å². The average Bonchev–Trinajstić information content (AvgIpc) is 2.82. The first kappa shape index (κ1) is 13.7. The van der Waals surface area contributed by atoms with E-state index in [9.17, 15) is 4.79 Å². The average molecular weight is 256 g/mol. The number of ether oxygens (including phenoxy) is 1. The number of furan rings is 1. The molecule has 0 bridgehead atoms. The zero-order valence-corrected chi connectivity index (χ0v) is 10.5. The Kier molecular flexibility index (Phi) is 6.27. The Morgan fingerprint density at radius 3 is 3.06 bits per heavy atom. The Labute approximate surface area is 106 Å². The van der Waals surface area contributed by atoms with Gasteiger partial charge in [0.25, 0.3) is 5.91 Å². The minimum Gasteiger partial charge on any atom is -0.459 e. The molecule has 0 fully saturated rings. The van der Waals surface area contributed by atoms with Crippen LogP contribution in [0.1, 0.15) is 23.9 Å². The second-order valence-electron chi connectivity index (χ2n) is 3.24. The van der Waals surface area contributed by atoms with Gasteiger partial charge in [-0.1, -0.05) is 0 Å². The molecule has 0 atom stereocenters. The lowest BCUT2D eigenvalue weighted by atomic mass is 10.4. The van der Waals surface area contributed by atoms with Crippen LogP contribution in [-0.2, 0) is 4.74 Å². The van der Waals surface area contributed by atoms with Gasteiger partial charge in [-0.3, -0.25) is 10.1 Å². The summed E-state index contributed by atoms with van der Waals surface area (Å²) in [6.07, 6.45) is 2.28. The summed E-state index contributed by atoms with van der Waals surface area (Å²) >= 11 is 4.96. The maximum atomic E-state index is 11.5. The van der Waals surface area contributed by atoms with Crippen LogP contribution < -0.4 is 10.6 Å². The van der Waals surface area contributed by atoms with Gasteiger partial charge < -0.3 is 14.5 Å². The van der Waals surface area contributed by atoms with Crippen molar-refractivity contribution in [2.24, 2.45) is 0 Å². The molecular weight excluding hydrogens is 240 g/mol. The van der Waals surface area contributed by atoms with Crippen molar-refractivity contribution < 1.29 is 13.9 Å². The summed E-state index contributed by atoms with van der Waals surface area (Å²) in [7, 11) is 0. The third-order valence-corrected chi connectivity index (χ3v) is 2.17. The summed E-state index contributed by atoms with van der Waals surface area (Å²) < 4.78 is 10.1. The molecule has 17 heavy (non-hydrogen) atoms. The van der Waals surface area contributed by atoms with E-state index in [1.807, 2.05) is 6.92 Å². The fourth-order valence-corrected chi connectivity index (χ4v) is 1.33. The molecule has 2 N–H and O–H groups in total. The molecule has 6 heteroatoms. The second kappa shape index (κ2) is 7.81. The zero-order valence-electron chi connectivity index (χ0n) is 9.69. The third kappa shape index (κ3) is 5.46. The number of thiocarbonyl (C=S) groups is 1. The molecule has 5 nitrogen and oxygen atoms in total. The first-order valence-electron chi connectivity index (χ1n) is 5.44. The highest BCUT2D eigenvalue weighted by molar-refractivity contribution is 7.80. The van der Waals surface area contributed by atoms with Crippen molar-refractivity contribution in [3.05, 3.63) is 24.2 Å². The van der Waals surface area contributed by atoms with Crippen molar-refractivity contribution in [2.45, 2.75) is 13.3 Å². The summed E-state index contributed by atoms with van der Waals surface area (Å²) in [6, 6.07) is 3.22. The molecule has 0 aliphatic heterocycles. The third-order valence-electron chi connectivity index (χ3n) is 1.93. The highest BCUT2D eigenvalue weighted by atomic mass is 32.1. The molecule has 0 saturated heterocycles. The maximum absolute atomic E-state index is 11.5. The van der Waals surface area contributed by atoms with E-state index < -0.39 is 0 Å². The zero-order chi connectivity index (χ0) is 12.5. The first-order valence-corrected chi connectivity index (χ1v) is 5.85. The normalized spacial score (nSPS) is 9.94. The first-order chi connectivity index (χ1) is 8.24. The molecule has 0 radical (unpaired) electrons. The van der Waals surface area contributed by atoms with Crippen LogP contribution in [0.25, 0.3) is 0 Å². The molecule has 1 amide bonds. The van der Waals surface area contributed by atoms with Crippen LogP contribution in [0.15, 0.2) is 22.8 Å². The predicted octanol–water partition coefficient (Wildman–Crippen LogP) is 1.31. The van der Waals surface area contributed by atoms with Gasteiger partial charge in [-0.2, -0.15) is 0 Å². The molecule has 1 heterocycles. The number of rotatable bonds is 6. The van der Waals surface area contributed by atoms with Crippen molar-refractivity contribution in [1.29, 1.82) is 0 Å². The summed E-state index contributed by atoms with van der Waals surface area (Å²) in [4.78, 5) is 11.5. The van der Waals surface area contributed by atoms with E-state index in [2.05, 4.69) is 10.6 Å². The standard InChI is InChI=1S/C11H16N2O3S/c1-2-15-7-4-6-12-11(17)13-10(14)9-5-3-8-16-9/h3,5,8H,2,4,6-7H2,1H3,(H2,12,13,14,17). The monoisotopic (exact) mass is 256 g/mol. The summed E-state index contributed by atoms with van der Waals surface area (Å²) in [5, 5.41) is 5.73. The van der Waals surface area contributed by atoms with Gasteiger partial charge >= 0.3 is 0 Å². The molecule has 1 aromatic heterocycles. The molecule has 1 rings (SSSR count). The smallest absolute Gasteiger partial charge is 0.293 e. The van der Waals surface area contributed by atoms with Gasteiger partial charge in [0.15, 0.2) is 10.9 Å². The summed E-state index contributed by atoms with van der Waals surface area (Å²) in [5.74, 6) is -0.110. The molecule has 0 unspecified atom stereocenters. The SMILES string of the molecule is CCOCCCNC(=S)NC(=O)c1ccco1. The van der Waals surface area contributed by atoms with Crippen molar-refractivity contribution in [3.63, 3.8) is 0 Å². The van der Waals surface area contributed by atoms with Crippen LogP contribution in [0, 0.1) is 0 Å². The van der Waals surface area contributed by atoms with Gasteiger partial charge in [0.05, 0.1) is 6.26 Å². The van der Waals surface area contributed by atoms with Gasteiger partial charge in [0.2, 0.25) is 0 Å². The number of carbonyl (C=O) groups excluding carboxylic acids is 1. The predicted molar refractivity (Wildman–Crippen MR) is 67.9 cm³/mol.